The smallest absolute Gasteiger partial charge is 0.223 e. The van der Waals surface area contributed by atoms with Gasteiger partial charge in [-0.1, -0.05) is 32.0 Å². The van der Waals surface area contributed by atoms with Gasteiger partial charge in [0.2, 0.25) is 5.88 Å². The van der Waals surface area contributed by atoms with E-state index in [2.05, 4.69) is 31.0 Å². The highest BCUT2D eigenvalue weighted by atomic mass is 16.5. The Morgan fingerprint density at radius 3 is 2.32 bits per heavy atom. The second-order valence-electron chi connectivity index (χ2n) is 5.01. The molecule has 100 valence electrons. The Balaban J connectivity index is 2.21. The zero-order chi connectivity index (χ0) is 13.8. The molecule has 19 heavy (non-hydrogen) atoms. The summed E-state index contributed by atoms with van der Waals surface area (Å²) in [6.45, 7) is 6.26. The number of hydrogen-bond acceptors (Lipinski definition) is 3. The van der Waals surface area contributed by atoms with Gasteiger partial charge in [0.25, 0.3) is 0 Å². The average molecular weight is 256 g/mol. The summed E-state index contributed by atoms with van der Waals surface area (Å²) >= 11 is 0. The summed E-state index contributed by atoms with van der Waals surface area (Å²) in [7, 11) is 0. The fraction of sp³-hybridized carbons (Fsp3) is 0.312. The molecule has 0 radical (unpaired) electrons. The Hall–Kier alpha value is -1.87. The minimum atomic E-state index is -0.0985. The van der Waals surface area contributed by atoms with Crippen LogP contribution in [0.25, 0.3) is 0 Å². The zero-order valence-corrected chi connectivity index (χ0v) is 11.6. The number of ether oxygens (including phenoxy) is 1. The number of aromatic nitrogens is 1. The predicted molar refractivity (Wildman–Crippen MR) is 77.4 cm³/mol. The van der Waals surface area contributed by atoms with Crippen LogP contribution < -0.4 is 10.5 Å². The Morgan fingerprint density at radius 1 is 1.05 bits per heavy atom. The van der Waals surface area contributed by atoms with Crippen molar-refractivity contribution in [3.8, 4) is 11.6 Å². The van der Waals surface area contributed by atoms with Gasteiger partial charge >= 0.3 is 0 Å². The quantitative estimate of drug-likeness (QED) is 0.898. The molecule has 0 aliphatic carbocycles. The zero-order valence-electron chi connectivity index (χ0n) is 11.6. The van der Waals surface area contributed by atoms with Gasteiger partial charge in [-0.25, -0.2) is 4.98 Å². The van der Waals surface area contributed by atoms with Crippen molar-refractivity contribution >= 4 is 0 Å². The molecule has 1 atom stereocenters. The summed E-state index contributed by atoms with van der Waals surface area (Å²) < 4.78 is 5.81. The topological polar surface area (TPSA) is 48.1 Å². The van der Waals surface area contributed by atoms with Crippen LogP contribution in [0.15, 0.2) is 42.6 Å². The molecule has 1 aromatic heterocycles. The van der Waals surface area contributed by atoms with Crippen molar-refractivity contribution in [2.45, 2.75) is 32.7 Å². The van der Waals surface area contributed by atoms with Crippen molar-refractivity contribution in [1.82, 2.24) is 4.98 Å². The number of nitrogens with zero attached hydrogens (tertiary/aromatic N) is 1. The van der Waals surface area contributed by atoms with Gasteiger partial charge in [-0.15, -0.1) is 0 Å². The summed E-state index contributed by atoms with van der Waals surface area (Å²) in [5.74, 6) is 1.88. The Bertz CT molecular complexity index is 533. The first kappa shape index (κ1) is 13.6. The van der Waals surface area contributed by atoms with Crippen LogP contribution in [0.4, 0.5) is 0 Å². The van der Waals surface area contributed by atoms with Crippen LogP contribution in [0.1, 0.15) is 43.9 Å². The van der Waals surface area contributed by atoms with E-state index in [-0.39, 0.29) is 6.04 Å². The van der Waals surface area contributed by atoms with Crippen molar-refractivity contribution in [2.24, 2.45) is 5.73 Å². The maximum Gasteiger partial charge on any atom is 0.223 e. The largest absolute Gasteiger partial charge is 0.439 e. The molecule has 2 N–H and O–H groups in total. The lowest BCUT2D eigenvalue weighted by molar-refractivity contribution is 0.452. The van der Waals surface area contributed by atoms with Crippen LogP contribution in [0.3, 0.4) is 0 Å². The SMILES string of the molecule is CC(C)c1ccc(Oc2ncccc2C(C)N)cc1. The fourth-order valence-corrected chi connectivity index (χ4v) is 1.87. The average Bonchev–Trinajstić information content (AvgIpc) is 2.39. The molecular formula is C16H20N2O. The number of benzene rings is 1. The molecule has 1 heterocycles. The normalized spacial score (nSPS) is 12.5. The molecular weight excluding hydrogens is 236 g/mol. The van der Waals surface area contributed by atoms with E-state index >= 15 is 0 Å². The molecule has 0 fully saturated rings. The highest BCUT2D eigenvalue weighted by Gasteiger charge is 2.09. The van der Waals surface area contributed by atoms with Crippen LogP contribution in [0.5, 0.6) is 11.6 Å². The molecule has 0 bridgehead atoms. The van der Waals surface area contributed by atoms with Gasteiger partial charge in [0, 0.05) is 17.8 Å². The van der Waals surface area contributed by atoms with Crippen LogP contribution in [-0.2, 0) is 0 Å². The van der Waals surface area contributed by atoms with Crippen LogP contribution in [-0.4, -0.2) is 4.98 Å². The van der Waals surface area contributed by atoms with Gasteiger partial charge in [-0.05, 0) is 36.6 Å². The molecule has 0 spiro atoms. The summed E-state index contributed by atoms with van der Waals surface area (Å²) in [5.41, 5.74) is 8.12. The minimum Gasteiger partial charge on any atom is -0.439 e. The van der Waals surface area contributed by atoms with E-state index in [0.29, 0.717) is 11.8 Å². The Morgan fingerprint density at radius 2 is 1.74 bits per heavy atom. The molecule has 0 aliphatic rings. The van der Waals surface area contributed by atoms with E-state index in [4.69, 9.17) is 10.5 Å². The van der Waals surface area contributed by atoms with Crippen molar-refractivity contribution in [3.05, 3.63) is 53.7 Å². The summed E-state index contributed by atoms with van der Waals surface area (Å²) in [5, 5.41) is 0. The third-order valence-electron chi connectivity index (χ3n) is 3.05. The van der Waals surface area contributed by atoms with Crippen LogP contribution in [0.2, 0.25) is 0 Å². The molecule has 0 amide bonds. The van der Waals surface area contributed by atoms with Crippen LogP contribution in [0, 0.1) is 0 Å². The van der Waals surface area contributed by atoms with Crippen molar-refractivity contribution in [2.75, 3.05) is 0 Å². The lowest BCUT2D eigenvalue weighted by Gasteiger charge is -2.13. The molecule has 1 aromatic carbocycles. The molecule has 2 aromatic rings. The maximum absolute atomic E-state index is 5.91. The molecule has 1 unspecified atom stereocenters. The highest BCUT2D eigenvalue weighted by Crippen LogP contribution is 2.27. The molecule has 3 nitrogen and oxygen atoms in total. The van der Waals surface area contributed by atoms with Gasteiger partial charge < -0.3 is 10.5 Å². The third-order valence-corrected chi connectivity index (χ3v) is 3.05. The lowest BCUT2D eigenvalue weighted by atomic mass is 10.0. The molecule has 0 saturated heterocycles. The van der Waals surface area contributed by atoms with E-state index in [0.717, 1.165) is 11.3 Å². The van der Waals surface area contributed by atoms with Gasteiger partial charge in [0.05, 0.1) is 0 Å². The minimum absolute atomic E-state index is 0.0985. The lowest BCUT2D eigenvalue weighted by Crippen LogP contribution is -2.07. The second-order valence-corrected chi connectivity index (χ2v) is 5.01. The highest BCUT2D eigenvalue weighted by molar-refractivity contribution is 5.35. The first-order chi connectivity index (χ1) is 9.08. The van der Waals surface area contributed by atoms with Crippen molar-refractivity contribution in [1.29, 1.82) is 0 Å². The summed E-state index contributed by atoms with van der Waals surface area (Å²) in [4.78, 5) is 4.25. The van der Waals surface area contributed by atoms with Gasteiger partial charge in [-0.2, -0.15) is 0 Å². The van der Waals surface area contributed by atoms with E-state index in [1.54, 1.807) is 6.20 Å². The van der Waals surface area contributed by atoms with E-state index in [1.165, 1.54) is 5.56 Å². The monoisotopic (exact) mass is 256 g/mol. The first-order valence-corrected chi connectivity index (χ1v) is 6.56. The fourth-order valence-electron chi connectivity index (χ4n) is 1.87. The maximum atomic E-state index is 5.91. The van der Waals surface area contributed by atoms with Crippen molar-refractivity contribution in [3.63, 3.8) is 0 Å². The van der Waals surface area contributed by atoms with E-state index in [1.807, 2.05) is 31.2 Å². The number of pyridine rings is 1. The van der Waals surface area contributed by atoms with E-state index < -0.39 is 0 Å². The third kappa shape index (κ3) is 3.32. The van der Waals surface area contributed by atoms with Crippen molar-refractivity contribution < 1.29 is 4.74 Å². The first-order valence-electron chi connectivity index (χ1n) is 6.56. The standard InChI is InChI=1S/C16H20N2O/c1-11(2)13-6-8-14(9-7-13)19-16-15(12(3)17)5-4-10-18-16/h4-12H,17H2,1-3H3. The molecule has 0 saturated carbocycles. The Kier molecular flexibility index (Phi) is 4.17. The number of nitrogens with two attached hydrogens (primary N) is 1. The van der Waals surface area contributed by atoms with Gasteiger partial charge in [0.15, 0.2) is 0 Å². The van der Waals surface area contributed by atoms with Gasteiger partial charge in [-0.3, -0.25) is 0 Å². The number of hydrogen-bond donors (Lipinski definition) is 1. The summed E-state index contributed by atoms with van der Waals surface area (Å²) in [6, 6.07) is 11.8. The second kappa shape index (κ2) is 5.85. The van der Waals surface area contributed by atoms with Crippen LogP contribution >= 0.6 is 0 Å². The molecule has 0 aliphatic heterocycles. The Labute approximate surface area is 114 Å². The summed E-state index contributed by atoms with van der Waals surface area (Å²) in [6.07, 6.45) is 1.71. The molecule has 2 rings (SSSR count). The predicted octanol–water partition coefficient (Wildman–Crippen LogP) is 4.02. The van der Waals surface area contributed by atoms with Gasteiger partial charge in [0.1, 0.15) is 5.75 Å². The number of rotatable bonds is 4. The molecule has 3 heteroatoms. The van der Waals surface area contributed by atoms with E-state index in [9.17, 15) is 0 Å².